The van der Waals surface area contributed by atoms with Crippen LogP contribution >= 0.6 is 0 Å². The average Bonchev–Trinajstić information content (AvgIpc) is 3.26. The van der Waals surface area contributed by atoms with Gasteiger partial charge >= 0.3 is 6.18 Å². The molecule has 1 saturated carbocycles. The monoisotopic (exact) mass is 347 g/mol. The van der Waals surface area contributed by atoms with Crippen LogP contribution in [0, 0.1) is 0 Å². The molecule has 1 aliphatic carbocycles. The summed E-state index contributed by atoms with van der Waals surface area (Å²) in [6.45, 7) is 8.36. The molecule has 2 rings (SSSR count). The molecule has 1 N–H and O–H groups in total. The van der Waals surface area contributed by atoms with Crippen molar-refractivity contribution in [1.29, 1.82) is 0 Å². The van der Waals surface area contributed by atoms with Crippen molar-refractivity contribution in [1.82, 2.24) is 9.80 Å². The Kier molecular flexibility index (Phi) is 6.09. The van der Waals surface area contributed by atoms with Crippen molar-refractivity contribution in [2.24, 2.45) is 4.99 Å². The number of nitrogens with zero attached hydrogens (tertiary/aromatic N) is 3. The van der Waals surface area contributed by atoms with Gasteiger partial charge in [0.1, 0.15) is 0 Å². The number of hydrogen-bond acceptors (Lipinski definition) is 4. The van der Waals surface area contributed by atoms with Crippen LogP contribution in [-0.4, -0.2) is 71.3 Å². The Balaban J connectivity index is 1.86. The van der Waals surface area contributed by atoms with Crippen molar-refractivity contribution in [3.63, 3.8) is 0 Å². The van der Waals surface area contributed by atoms with Gasteiger partial charge in [-0.05, 0) is 40.0 Å². The lowest BCUT2D eigenvalue weighted by molar-refractivity contribution is -0.0857. The molecular weight excluding hydrogens is 319 g/mol. The minimum Gasteiger partial charge on any atom is -0.393 e. The summed E-state index contributed by atoms with van der Waals surface area (Å²) >= 11 is 0. The van der Waals surface area contributed by atoms with Crippen LogP contribution in [0.25, 0.3) is 0 Å². The largest absolute Gasteiger partial charge is 0.417 e. The highest BCUT2D eigenvalue weighted by Gasteiger charge is 2.48. The standard InChI is InChI=1S/C17H28F3N3O/c1-4-15(17(18,19)20)12-21-14(3)22-7-9-23(10-8-22)16(5-6-16)11-13(2)24/h4,12-14,24H,5-11H2,1-3H3/b15-4+,21-12-. The first-order valence-corrected chi connectivity index (χ1v) is 8.62. The van der Waals surface area contributed by atoms with Gasteiger partial charge in [0.2, 0.25) is 0 Å². The first kappa shape index (κ1) is 19.4. The van der Waals surface area contributed by atoms with E-state index in [2.05, 4.69) is 14.8 Å². The first-order chi connectivity index (χ1) is 11.2. The number of piperazine rings is 1. The van der Waals surface area contributed by atoms with Crippen LogP contribution in [0.3, 0.4) is 0 Å². The predicted molar refractivity (Wildman–Crippen MR) is 89.2 cm³/mol. The van der Waals surface area contributed by atoms with Crippen LogP contribution in [0.2, 0.25) is 0 Å². The van der Waals surface area contributed by atoms with Gasteiger partial charge < -0.3 is 5.11 Å². The summed E-state index contributed by atoms with van der Waals surface area (Å²) in [5.74, 6) is 0. The van der Waals surface area contributed by atoms with E-state index in [0.717, 1.165) is 57.7 Å². The fourth-order valence-electron chi connectivity index (χ4n) is 3.51. The summed E-state index contributed by atoms with van der Waals surface area (Å²) in [6, 6.07) is 0. The lowest BCUT2D eigenvalue weighted by Crippen LogP contribution is -2.53. The molecular formula is C17H28F3N3O. The van der Waals surface area contributed by atoms with Gasteiger partial charge in [-0.1, -0.05) is 6.08 Å². The Hall–Kier alpha value is -0.920. The van der Waals surface area contributed by atoms with E-state index in [1.165, 1.54) is 6.92 Å². The summed E-state index contributed by atoms with van der Waals surface area (Å²) in [4.78, 5) is 8.63. The number of hydrogen-bond donors (Lipinski definition) is 1. The van der Waals surface area contributed by atoms with Crippen LogP contribution in [0.4, 0.5) is 13.2 Å². The smallest absolute Gasteiger partial charge is 0.393 e. The van der Waals surface area contributed by atoms with Gasteiger partial charge in [0.25, 0.3) is 0 Å². The van der Waals surface area contributed by atoms with Crippen molar-refractivity contribution in [3.8, 4) is 0 Å². The minimum atomic E-state index is -4.35. The van der Waals surface area contributed by atoms with Gasteiger partial charge in [0, 0.05) is 37.9 Å². The second-order valence-electron chi connectivity index (χ2n) is 6.95. The third-order valence-electron chi connectivity index (χ3n) is 5.08. The van der Waals surface area contributed by atoms with E-state index in [0.29, 0.717) is 0 Å². The Morgan fingerprint density at radius 1 is 1.21 bits per heavy atom. The van der Waals surface area contributed by atoms with Gasteiger partial charge in [-0.15, -0.1) is 0 Å². The number of allylic oxidation sites excluding steroid dienone is 2. The van der Waals surface area contributed by atoms with Gasteiger partial charge in [0.05, 0.1) is 17.8 Å². The predicted octanol–water partition coefficient (Wildman–Crippen LogP) is 2.83. The normalized spacial score (nSPS) is 25.9. The number of aliphatic imine (C=N–C) groups is 1. The van der Waals surface area contributed by atoms with E-state index in [1.807, 2.05) is 13.8 Å². The molecule has 24 heavy (non-hydrogen) atoms. The first-order valence-electron chi connectivity index (χ1n) is 8.62. The molecule has 0 spiro atoms. The van der Waals surface area contributed by atoms with Crippen molar-refractivity contribution in [2.75, 3.05) is 26.2 Å². The van der Waals surface area contributed by atoms with E-state index >= 15 is 0 Å². The third-order valence-corrected chi connectivity index (χ3v) is 5.08. The van der Waals surface area contributed by atoms with E-state index in [9.17, 15) is 18.3 Å². The van der Waals surface area contributed by atoms with Crippen molar-refractivity contribution >= 4 is 6.21 Å². The van der Waals surface area contributed by atoms with E-state index in [-0.39, 0.29) is 17.8 Å². The molecule has 1 aliphatic heterocycles. The molecule has 2 aliphatic rings. The van der Waals surface area contributed by atoms with E-state index < -0.39 is 11.7 Å². The van der Waals surface area contributed by atoms with Crippen LogP contribution in [0.5, 0.6) is 0 Å². The maximum Gasteiger partial charge on any atom is 0.417 e. The zero-order chi connectivity index (χ0) is 18.0. The van der Waals surface area contributed by atoms with Crippen molar-refractivity contribution in [2.45, 2.75) is 64.0 Å². The fourth-order valence-corrected chi connectivity index (χ4v) is 3.51. The van der Waals surface area contributed by atoms with Gasteiger partial charge in [-0.3, -0.25) is 14.8 Å². The molecule has 0 amide bonds. The average molecular weight is 347 g/mol. The lowest BCUT2D eigenvalue weighted by Gasteiger charge is -2.41. The maximum absolute atomic E-state index is 12.7. The second-order valence-corrected chi connectivity index (χ2v) is 6.95. The maximum atomic E-state index is 12.7. The lowest BCUT2D eigenvalue weighted by atomic mass is 10.1. The minimum absolute atomic E-state index is 0.154. The van der Waals surface area contributed by atoms with Gasteiger partial charge in [-0.2, -0.15) is 13.2 Å². The number of aliphatic hydroxyl groups excluding tert-OH is 1. The second kappa shape index (κ2) is 7.54. The molecule has 1 heterocycles. The number of halogens is 3. The number of alkyl halides is 3. The van der Waals surface area contributed by atoms with Gasteiger partial charge in [0.15, 0.2) is 0 Å². The Morgan fingerprint density at radius 3 is 2.21 bits per heavy atom. The molecule has 2 atom stereocenters. The van der Waals surface area contributed by atoms with Crippen LogP contribution in [-0.2, 0) is 0 Å². The van der Waals surface area contributed by atoms with Gasteiger partial charge in [-0.25, -0.2) is 0 Å². The zero-order valence-corrected chi connectivity index (χ0v) is 14.7. The quantitative estimate of drug-likeness (QED) is 0.751. The molecule has 2 unspecified atom stereocenters. The summed E-state index contributed by atoms with van der Waals surface area (Å²) < 4.78 is 38.1. The van der Waals surface area contributed by atoms with Crippen molar-refractivity contribution < 1.29 is 18.3 Å². The number of rotatable bonds is 6. The Bertz CT molecular complexity index is 476. The molecule has 1 saturated heterocycles. The molecule has 0 aromatic heterocycles. The third kappa shape index (κ3) is 4.80. The number of aliphatic hydroxyl groups is 1. The summed E-state index contributed by atoms with van der Waals surface area (Å²) in [5, 5.41) is 9.66. The molecule has 0 aromatic rings. The van der Waals surface area contributed by atoms with Crippen molar-refractivity contribution in [3.05, 3.63) is 11.6 Å². The summed E-state index contributed by atoms with van der Waals surface area (Å²) in [5.41, 5.74) is -0.553. The summed E-state index contributed by atoms with van der Waals surface area (Å²) in [7, 11) is 0. The molecule has 0 bridgehead atoms. The van der Waals surface area contributed by atoms with Crippen LogP contribution in [0.1, 0.15) is 40.0 Å². The Labute approximate surface area is 142 Å². The zero-order valence-electron chi connectivity index (χ0n) is 14.7. The van der Waals surface area contributed by atoms with Crippen LogP contribution in [0.15, 0.2) is 16.6 Å². The van der Waals surface area contributed by atoms with E-state index in [1.54, 1.807) is 0 Å². The topological polar surface area (TPSA) is 39.1 Å². The Morgan fingerprint density at radius 2 is 1.79 bits per heavy atom. The highest BCUT2D eigenvalue weighted by molar-refractivity contribution is 5.80. The summed E-state index contributed by atoms with van der Waals surface area (Å²) in [6.07, 6.45) is 0.122. The molecule has 7 heteroatoms. The molecule has 2 fully saturated rings. The molecule has 138 valence electrons. The SMILES string of the molecule is C/C=C(\C=N/C(C)N1CCN(C2(CC(C)O)CC2)CC1)C(F)(F)F. The highest BCUT2D eigenvalue weighted by atomic mass is 19.4. The molecule has 4 nitrogen and oxygen atoms in total. The van der Waals surface area contributed by atoms with Crippen LogP contribution < -0.4 is 0 Å². The highest BCUT2D eigenvalue weighted by Crippen LogP contribution is 2.45. The molecule has 0 radical (unpaired) electrons. The fraction of sp³-hybridized carbons (Fsp3) is 0.824. The molecule has 0 aromatic carbocycles. The van der Waals surface area contributed by atoms with E-state index in [4.69, 9.17) is 0 Å².